The first-order chi connectivity index (χ1) is 11.2. The number of phenolic OH excluding ortho intramolecular Hbond substituents is 1. The number of nitrogens with zero attached hydrogens (tertiary/aromatic N) is 2. The third-order valence-corrected chi connectivity index (χ3v) is 3.80. The van der Waals surface area contributed by atoms with Gasteiger partial charge in [0.2, 0.25) is 5.88 Å². The van der Waals surface area contributed by atoms with E-state index < -0.39 is 0 Å². The highest BCUT2D eigenvalue weighted by Crippen LogP contribution is 2.26. The molecule has 1 aromatic heterocycles. The van der Waals surface area contributed by atoms with Gasteiger partial charge in [-0.25, -0.2) is 9.97 Å². The van der Waals surface area contributed by atoms with Gasteiger partial charge in [-0.05, 0) is 54.3 Å². The van der Waals surface area contributed by atoms with Crippen molar-refractivity contribution in [2.75, 3.05) is 14.2 Å². The van der Waals surface area contributed by atoms with Crippen LogP contribution in [-0.2, 0) is 12.8 Å². The molecule has 0 fully saturated rings. The normalized spacial score (nSPS) is 10.7. The van der Waals surface area contributed by atoms with Crippen LogP contribution in [0.15, 0.2) is 42.7 Å². The second kappa shape index (κ2) is 6.52. The smallest absolute Gasteiger partial charge is 0.224 e. The number of aryl methyl sites for hydroxylation is 2. The topological polar surface area (TPSA) is 64.5 Å². The van der Waals surface area contributed by atoms with E-state index in [4.69, 9.17) is 9.47 Å². The highest BCUT2D eigenvalue weighted by atomic mass is 16.5. The van der Waals surface area contributed by atoms with Crippen molar-refractivity contribution in [3.63, 3.8) is 0 Å². The van der Waals surface area contributed by atoms with Crippen molar-refractivity contribution >= 4 is 10.9 Å². The van der Waals surface area contributed by atoms with Gasteiger partial charge < -0.3 is 14.6 Å². The highest BCUT2D eigenvalue weighted by molar-refractivity contribution is 5.83. The summed E-state index contributed by atoms with van der Waals surface area (Å²) in [5.41, 5.74) is 2.98. The van der Waals surface area contributed by atoms with Crippen LogP contribution in [0.2, 0.25) is 0 Å². The minimum absolute atomic E-state index is 0.245. The zero-order valence-electron chi connectivity index (χ0n) is 13.1. The summed E-state index contributed by atoms with van der Waals surface area (Å²) in [6.45, 7) is 0. The van der Waals surface area contributed by atoms with Gasteiger partial charge in [0, 0.05) is 0 Å². The molecule has 3 aromatic rings. The lowest BCUT2D eigenvalue weighted by molar-refractivity contribution is 0.402. The summed E-state index contributed by atoms with van der Waals surface area (Å²) in [5.74, 6) is 1.60. The van der Waals surface area contributed by atoms with Crippen molar-refractivity contribution < 1.29 is 14.6 Å². The number of rotatable bonds is 5. The van der Waals surface area contributed by atoms with E-state index in [-0.39, 0.29) is 5.75 Å². The second-order valence-electron chi connectivity index (χ2n) is 5.23. The number of aromatic nitrogens is 2. The number of benzene rings is 2. The third-order valence-electron chi connectivity index (χ3n) is 3.80. The number of ether oxygens (including phenoxy) is 2. The molecule has 2 aromatic carbocycles. The third kappa shape index (κ3) is 3.18. The average molecular weight is 310 g/mol. The summed E-state index contributed by atoms with van der Waals surface area (Å²) in [4.78, 5) is 8.38. The van der Waals surface area contributed by atoms with Gasteiger partial charge in [-0.15, -0.1) is 0 Å². The lowest BCUT2D eigenvalue weighted by atomic mass is 10.0. The molecule has 0 saturated carbocycles. The molecule has 0 radical (unpaired) electrons. The molecule has 0 spiro atoms. The SMILES string of the molecule is COc1ccc(O)cc1CCc1ccc2ncnc(OC)c2c1. The van der Waals surface area contributed by atoms with Crippen molar-refractivity contribution in [3.8, 4) is 17.4 Å². The fourth-order valence-electron chi connectivity index (χ4n) is 2.64. The minimum atomic E-state index is 0.245. The summed E-state index contributed by atoms with van der Waals surface area (Å²) in [5, 5.41) is 10.5. The molecule has 0 bridgehead atoms. The van der Waals surface area contributed by atoms with Crippen molar-refractivity contribution in [2.45, 2.75) is 12.8 Å². The van der Waals surface area contributed by atoms with Gasteiger partial charge >= 0.3 is 0 Å². The fraction of sp³-hybridized carbons (Fsp3) is 0.222. The second-order valence-corrected chi connectivity index (χ2v) is 5.23. The van der Waals surface area contributed by atoms with Crippen LogP contribution in [0.25, 0.3) is 10.9 Å². The zero-order valence-corrected chi connectivity index (χ0v) is 13.1. The summed E-state index contributed by atoms with van der Waals surface area (Å²) < 4.78 is 10.6. The van der Waals surface area contributed by atoms with Crippen molar-refractivity contribution in [3.05, 3.63) is 53.9 Å². The molecule has 0 atom stereocenters. The van der Waals surface area contributed by atoms with Gasteiger partial charge in [0.25, 0.3) is 0 Å². The highest BCUT2D eigenvalue weighted by Gasteiger charge is 2.08. The van der Waals surface area contributed by atoms with Gasteiger partial charge in [0.15, 0.2) is 0 Å². The molecule has 1 N–H and O–H groups in total. The lowest BCUT2D eigenvalue weighted by Crippen LogP contribution is -1.97. The molecule has 23 heavy (non-hydrogen) atoms. The Morgan fingerprint density at radius 3 is 2.61 bits per heavy atom. The first kappa shape index (κ1) is 15.1. The van der Waals surface area contributed by atoms with Gasteiger partial charge in [-0.2, -0.15) is 0 Å². The van der Waals surface area contributed by atoms with E-state index in [1.54, 1.807) is 32.4 Å². The molecule has 0 aliphatic rings. The Kier molecular flexibility index (Phi) is 4.28. The Morgan fingerprint density at radius 1 is 0.957 bits per heavy atom. The van der Waals surface area contributed by atoms with E-state index in [9.17, 15) is 5.11 Å². The van der Waals surface area contributed by atoms with E-state index in [1.807, 2.05) is 18.2 Å². The van der Waals surface area contributed by atoms with Crippen LogP contribution in [-0.4, -0.2) is 29.3 Å². The van der Waals surface area contributed by atoms with Gasteiger partial charge in [0.1, 0.15) is 17.8 Å². The van der Waals surface area contributed by atoms with Crippen LogP contribution < -0.4 is 9.47 Å². The van der Waals surface area contributed by atoms with Crippen LogP contribution in [0, 0.1) is 0 Å². The molecule has 0 aliphatic carbocycles. The Morgan fingerprint density at radius 2 is 1.83 bits per heavy atom. The minimum Gasteiger partial charge on any atom is -0.508 e. The van der Waals surface area contributed by atoms with Crippen molar-refractivity contribution in [1.82, 2.24) is 9.97 Å². The predicted molar refractivity (Wildman–Crippen MR) is 88.2 cm³/mol. The molecule has 1 heterocycles. The van der Waals surface area contributed by atoms with E-state index in [1.165, 1.54) is 6.33 Å². The summed E-state index contributed by atoms with van der Waals surface area (Å²) in [6.07, 6.45) is 3.07. The maximum atomic E-state index is 9.65. The Labute approximate surface area is 134 Å². The quantitative estimate of drug-likeness (QED) is 0.784. The number of fused-ring (bicyclic) bond motifs is 1. The van der Waals surface area contributed by atoms with Crippen molar-refractivity contribution in [2.24, 2.45) is 0 Å². The molecule has 5 nitrogen and oxygen atoms in total. The monoisotopic (exact) mass is 310 g/mol. The van der Waals surface area contributed by atoms with Gasteiger partial charge in [-0.1, -0.05) is 6.07 Å². The maximum absolute atomic E-state index is 9.65. The van der Waals surface area contributed by atoms with Crippen LogP contribution >= 0.6 is 0 Å². The fourth-order valence-corrected chi connectivity index (χ4v) is 2.64. The molecule has 3 rings (SSSR count). The van der Waals surface area contributed by atoms with Crippen molar-refractivity contribution in [1.29, 1.82) is 0 Å². The Balaban J connectivity index is 1.86. The summed E-state index contributed by atoms with van der Waals surface area (Å²) >= 11 is 0. The first-order valence-corrected chi connectivity index (χ1v) is 7.35. The van der Waals surface area contributed by atoms with Crippen LogP contribution in [0.1, 0.15) is 11.1 Å². The Bertz CT molecular complexity index is 834. The Hall–Kier alpha value is -2.82. The molecular weight excluding hydrogens is 292 g/mol. The maximum Gasteiger partial charge on any atom is 0.224 e. The molecule has 0 aliphatic heterocycles. The molecule has 5 heteroatoms. The molecule has 118 valence electrons. The summed E-state index contributed by atoms with van der Waals surface area (Å²) in [7, 11) is 3.24. The molecular formula is C18H18N2O3. The standard InChI is InChI=1S/C18H18N2O3/c1-22-17-8-6-14(21)10-13(17)5-3-12-4-7-16-15(9-12)18(23-2)20-11-19-16/h4,6-11,21H,3,5H2,1-2H3. The lowest BCUT2D eigenvalue weighted by Gasteiger charge is -2.10. The van der Waals surface area contributed by atoms with Crippen LogP contribution in [0.4, 0.5) is 0 Å². The molecule has 0 amide bonds. The molecule has 0 saturated heterocycles. The summed E-state index contributed by atoms with van der Waals surface area (Å²) in [6, 6.07) is 11.2. The van der Waals surface area contributed by atoms with Gasteiger partial charge in [-0.3, -0.25) is 0 Å². The molecule has 0 unspecified atom stereocenters. The van der Waals surface area contributed by atoms with Crippen LogP contribution in [0.3, 0.4) is 0 Å². The number of aromatic hydroxyl groups is 1. The van der Waals surface area contributed by atoms with E-state index in [2.05, 4.69) is 9.97 Å². The zero-order chi connectivity index (χ0) is 16.2. The number of phenols is 1. The largest absolute Gasteiger partial charge is 0.508 e. The average Bonchev–Trinajstić information content (AvgIpc) is 2.59. The van der Waals surface area contributed by atoms with E-state index >= 15 is 0 Å². The first-order valence-electron chi connectivity index (χ1n) is 7.35. The van der Waals surface area contributed by atoms with Crippen LogP contribution in [0.5, 0.6) is 17.4 Å². The van der Waals surface area contributed by atoms with E-state index in [0.29, 0.717) is 5.88 Å². The number of hydrogen-bond acceptors (Lipinski definition) is 5. The predicted octanol–water partition coefficient (Wildman–Crippen LogP) is 3.14. The van der Waals surface area contributed by atoms with Gasteiger partial charge in [0.05, 0.1) is 25.1 Å². The van der Waals surface area contributed by atoms with E-state index in [0.717, 1.165) is 40.6 Å². The number of methoxy groups -OCH3 is 2. The number of hydrogen-bond donors (Lipinski definition) is 1.